The maximum Gasteiger partial charge on any atom is 0.410 e. The maximum atomic E-state index is 12.9. The number of rotatable bonds is 5. The fraction of sp³-hybridized carbons (Fsp3) is 0.500. The Morgan fingerprint density at radius 3 is 2.59 bits per heavy atom. The quantitative estimate of drug-likeness (QED) is 0.733. The lowest BCUT2D eigenvalue weighted by molar-refractivity contribution is 0.00198. The van der Waals surface area contributed by atoms with Crippen LogP contribution in [0.15, 0.2) is 41.8 Å². The van der Waals surface area contributed by atoms with Gasteiger partial charge in [0.25, 0.3) is 5.91 Å². The van der Waals surface area contributed by atoms with Crippen molar-refractivity contribution in [3.05, 3.63) is 42.5 Å². The highest BCUT2D eigenvalue weighted by Crippen LogP contribution is 2.19. The molecule has 0 spiro atoms. The smallest absolute Gasteiger partial charge is 0.410 e. The number of nitrogens with zero attached hydrogens (tertiary/aromatic N) is 2. The van der Waals surface area contributed by atoms with Crippen LogP contribution in [0.1, 0.15) is 38.1 Å². The Morgan fingerprint density at radius 2 is 2.00 bits per heavy atom. The Kier molecular flexibility index (Phi) is 7.07. The van der Waals surface area contributed by atoms with Gasteiger partial charge in [-0.1, -0.05) is 12.1 Å². The number of hydrogen-bond acceptors (Lipinski definition) is 5. The van der Waals surface area contributed by atoms with E-state index in [0.29, 0.717) is 19.6 Å². The fourth-order valence-electron chi connectivity index (χ4n) is 2.96. The number of nitrogens with one attached hydrogen (secondary N) is 1. The van der Waals surface area contributed by atoms with Gasteiger partial charge in [-0.25, -0.2) is 17.9 Å². The number of piperazine rings is 1. The average molecular weight is 424 g/mol. The summed E-state index contributed by atoms with van der Waals surface area (Å²) < 4.78 is 32.4. The highest BCUT2D eigenvalue weighted by Gasteiger charge is 2.33. The largest absolute Gasteiger partial charge is 0.444 e. The van der Waals surface area contributed by atoms with Gasteiger partial charge in [0.15, 0.2) is 0 Å². The molecule has 1 aromatic carbocycles. The highest BCUT2D eigenvalue weighted by atomic mass is 32.2. The van der Waals surface area contributed by atoms with Crippen molar-refractivity contribution in [2.24, 2.45) is 0 Å². The number of carbonyl (C=O) groups is 2. The van der Waals surface area contributed by atoms with Crippen LogP contribution >= 0.6 is 0 Å². The minimum Gasteiger partial charge on any atom is -0.444 e. The van der Waals surface area contributed by atoms with Gasteiger partial charge in [0.05, 0.1) is 4.90 Å². The first-order chi connectivity index (χ1) is 13.4. The molecule has 0 unspecified atom stereocenters. The predicted molar refractivity (Wildman–Crippen MR) is 110 cm³/mol. The predicted octanol–water partition coefficient (Wildman–Crippen LogP) is 2.23. The number of sulfonamides is 1. The minimum absolute atomic E-state index is 0.0191. The number of ether oxygens (including phenoxy) is 1. The Morgan fingerprint density at radius 1 is 1.31 bits per heavy atom. The van der Waals surface area contributed by atoms with Crippen LogP contribution in [0.2, 0.25) is 0 Å². The lowest BCUT2D eigenvalue weighted by atomic mass is 10.1. The first-order valence-electron chi connectivity index (χ1n) is 9.44. The zero-order chi connectivity index (χ0) is 21.8. The molecule has 160 valence electrons. The maximum absolute atomic E-state index is 12.9. The lowest BCUT2D eigenvalue weighted by Crippen LogP contribution is -2.56. The molecule has 0 saturated carbocycles. The van der Waals surface area contributed by atoms with Crippen molar-refractivity contribution in [2.45, 2.75) is 44.2 Å². The van der Waals surface area contributed by atoms with Crippen LogP contribution in [0.4, 0.5) is 4.79 Å². The van der Waals surface area contributed by atoms with Crippen LogP contribution < -0.4 is 4.72 Å². The van der Waals surface area contributed by atoms with Gasteiger partial charge >= 0.3 is 6.09 Å². The molecule has 1 atom stereocenters. The summed E-state index contributed by atoms with van der Waals surface area (Å²) in [4.78, 5) is 28.5. The van der Waals surface area contributed by atoms with Crippen molar-refractivity contribution in [1.82, 2.24) is 14.5 Å². The van der Waals surface area contributed by atoms with Gasteiger partial charge in [-0.3, -0.25) is 4.79 Å². The monoisotopic (exact) mass is 423 g/mol. The van der Waals surface area contributed by atoms with Crippen LogP contribution in [-0.4, -0.2) is 68.0 Å². The topological polar surface area (TPSA) is 96.0 Å². The van der Waals surface area contributed by atoms with Gasteiger partial charge in [0.1, 0.15) is 5.60 Å². The van der Waals surface area contributed by atoms with E-state index >= 15 is 0 Å². The first kappa shape index (κ1) is 22.9. The van der Waals surface area contributed by atoms with E-state index in [1.54, 1.807) is 36.6 Å². The molecule has 2 amide bonds. The second-order valence-corrected chi connectivity index (χ2v) is 9.71. The van der Waals surface area contributed by atoms with E-state index in [1.807, 2.05) is 6.92 Å². The van der Waals surface area contributed by atoms with Crippen molar-refractivity contribution in [3.63, 3.8) is 0 Å². The first-order valence-corrected chi connectivity index (χ1v) is 10.9. The Bertz CT molecular complexity index is 876. The summed E-state index contributed by atoms with van der Waals surface area (Å²) in [6.07, 6.45) is 1.04. The molecule has 29 heavy (non-hydrogen) atoms. The van der Waals surface area contributed by atoms with Crippen LogP contribution in [0.25, 0.3) is 0 Å². The van der Waals surface area contributed by atoms with E-state index in [1.165, 1.54) is 24.3 Å². The third-order valence-corrected chi connectivity index (χ3v) is 5.77. The van der Waals surface area contributed by atoms with Crippen LogP contribution in [0, 0.1) is 0 Å². The van der Waals surface area contributed by atoms with E-state index in [0.717, 1.165) is 0 Å². The molecule has 1 fully saturated rings. The number of amides is 2. The molecule has 1 N–H and O–H groups in total. The molecular formula is C20H29N3O5S. The summed E-state index contributed by atoms with van der Waals surface area (Å²) in [7, 11) is -3.72. The Labute approximate surface area is 172 Å². The van der Waals surface area contributed by atoms with E-state index < -0.39 is 21.7 Å². The molecule has 1 aromatic rings. The third-order valence-electron chi connectivity index (χ3n) is 4.35. The molecule has 2 rings (SSSR count). The van der Waals surface area contributed by atoms with Crippen molar-refractivity contribution < 1.29 is 22.7 Å². The number of hydrogen-bond donors (Lipinski definition) is 1. The summed E-state index contributed by atoms with van der Waals surface area (Å²) in [6.45, 7) is 11.9. The van der Waals surface area contributed by atoms with Crippen LogP contribution in [0.3, 0.4) is 0 Å². The van der Waals surface area contributed by atoms with Crippen molar-refractivity contribution in [1.29, 1.82) is 0 Å². The Hall–Kier alpha value is -2.39. The summed E-state index contributed by atoms with van der Waals surface area (Å²) >= 11 is 0. The SMILES string of the molecule is C=CCNS(=O)(=O)c1cccc(C(=O)N2CCN(C(=O)OC(C)(C)C)[C@H](C)C2)c1. The molecule has 8 nitrogen and oxygen atoms in total. The van der Waals surface area contributed by atoms with Gasteiger partial charge in [-0.2, -0.15) is 0 Å². The Balaban J connectivity index is 2.10. The van der Waals surface area contributed by atoms with Gasteiger partial charge in [0.2, 0.25) is 10.0 Å². The lowest BCUT2D eigenvalue weighted by Gasteiger charge is -2.40. The van der Waals surface area contributed by atoms with Gasteiger partial charge < -0.3 is 14.5 Å². The molecule has 0 bridgehead atoms. The zero-order valence-corrected chi connectivity index (χ0v) is 18.2. The van der Waals surface area contributed by atoms with E-state index in [4.69, 9.17) is 4.74 Å². The second kappa shape index (κ2) is 8.96. The van der Waals surface area contributed by atoms with Crippen LogP contribution in [0.5, 0.6) is 0 Å². The molecule has 9 heteroatoms. The van der Waals surface area contributed by atoms with E-state index in [2.05, 4.69) is 11.3 Å². The van der Waals surface area contributed by atoms with Gasteiger partial charge in [0, 0.05) is 37.8 Å². The zero-order valence-electron chi connectivity index (χ0n) is 17.3. The minimum atomic E-state index is -3.72. The van der Waals surface area contributed by atoms with E-state index in [-0.39, 0.29) is 29.0 Å². The van der Waals surface area contributed by atoms with Crippen molar-refractivity contribution >= 4 is 22.0 Å². The summed E-state index contributed by atoms with van der Waals surface area (Å²) in [5.41, 5.74) is -0.306. The van der Waals surface area contributed by atoms with Crippen LogP contribution in [-0.2, 0) is 14.8 Å². The molecule has 0 aromatic heterocycles. The molecule has 1 heterocycles. The molecule has 0 aliphatic carbocycles. The standard InChI is InChI=1S/C20H29N3O5S/c1-6-10-21-29(26,27)17-9-7-8-16(13-17)18(24)22-11-12-23(15(2)14-22)19(25)28-20(3,4)5/h6-9,13,15,21H,1,10-12,14H2,2-5H3/t15-/m1/s1. The van der Waals surface area contributed by atoms with Gasteiger partial charge in [-0.05, 0) is 45.9 Å². The van der Waals surface area contributed by atoms with Crippen molar-refractivity contribution in [2.75, 3.05) is 26.2 Å². The van der Waals surface area contributed by atoms with Gasteiger partial charge in [-0.15, -0.1) is 6.58 Å². The summed E-state index contributed by atoms with van der Waals surface area (Å²) in [5, 5.41) is 0. The second-order valence-electron chi connectivity index (χ2n) is 7.94. The molecule has 1 saturated heterocycles. The summed E-state index contributed by atoms with van der Waals surface area (Å²) in [5.74, 6) is -0.276. The average Bonchev–Trinajstić information content (AvgIpc) is 2.64. The van der Waals surface area contributed by atoms with E-state index in [9.17, 15) is 18.0 Å². The fourth-order valence-corrected chi connectivity index (χ4v) is 4.01. The number of benzene rings is 1. The molecular weight excluding hydrogens is 394 g/mol. The molecule has 1 aliphatic heterocycles. The highest BCUT2D eigenvalue weighted by molar-refractivity contribution is 7.89. The molecule has 1 aliphatic rings. The summed E-state index contributed by atoms with van der Waals surface area (Å²) in [6, 6.07) is 5.70. The normalized spacial score (nSPS) is 17.7. The third kappa shape index (κ3) is 6.04. The van der Waals surface area contributed by atoms with Crippen molar-refractivity contribution in [3.8, 4) is 0 Å². The molecule has 0 radical (unpaired) electrons. The number of carbonyl (C=O) groups excluding carboxylic acids is 2.